The van der Waals surface area contributed by atoms with Crippen molar-refractivity contribution in [2.75, 3.05) is 45.3 Å². The van der Waals surface area contributed by atoms with Crippen LogP contribution in [-0.2, 0) is 19.1 Å². The molecule has 2 rings (SSSR count). The van der Waals surface area contributed by atoms with Crippen molar-refractivity contribution in [3.8, 4) is 5.75 Å². The lowest BCUT2D eigenvalue weighted by molar-refractivity contribution is -0.137. The lowest BCUT2D eigenvalue weighted by Gasteiger charge is -2.13. The highest BCUT2D eigenvalue weighted by Gasteiger charge is 2.22. The normalized spacial score (nSPS) is 13.8. The van der Waals surface area contributed by atoms with Crippen LogP contribution in [0.1, 0.15) is 0 Å². The number of carbonyl (C=O) groups is 2. The number of rotatable bonds is 10. The van der Waals surface area contributed by atoms with Gasteiger partial charge in [0, 0.05) is 17.8 Å². The molecular formula is C16H20N2O5. The third-order valence-electron chi connectivity index (χ3n) is 3.11. The van der Waals surface area contributed by atoms with Crippen molar-refractivity contribution >= 4 is 17.5 Å². The maximum atomic E-state index is 11.3. The summed E-state index contributed by atoms with van der Waals surface area (Å²) in [6.07, 6.45) is 2.51. The van der Waals surface area contributed by atoms with E-state index in [4.69, 9.17) is 19.9 Å². The monoisotopic (exact) mass is 320 g/mol. The molecule has 124 valence electrons. The summed E-state index contributed by atoms with van der Waals surface area (Å²) in [5, 5.41) is 0. The number of imide groups is 1. The maximum Gasteiger partial charge on any atom is 0.253 e. The van der Waals surface area contributed by atoms with Gasteiger partial charge in [0.1, 0.15) is 12.4 Å². The molecular weight excluding hydrogens is 300 g/mol. The summed E-state index contributed by atoms with van der Waals surface area (Å²) < 4.78 is 16.1. The number of anilines is 1. The fourth-order valence-electron chi connectivity index (χ4n) is 1.91. The molecule has 0 atom stereocenters. The first-order valence-corrected chi connectivity index (χ1v) is 7.34. The van der Waals surface area contributed by atoms with Crippen molar-refractivity contribution in [3.63, 3.8) is 0 Å². The smallest absolute Gasteiger partial charge is 0.253 e. The van der Waals surface area contributed by atoms with Crippen LogP contribution in [0.5, 0.6) is 5.75 Å². The van der Waals surface area contributed by atoms with Crippen LogP contribution in [0.25, 0.3) is 0 Å². The summed E-state index contributed by atoms with van der Waals surface area (Å²) in [5.41, 5.74) is 6.27. The summed E-state index contributed by atoms with van der Waals surface area (Å²) in [6.45, 7) is 2.25. The Bertz CT molecular complexity index is 538. The number of nitrogens with zero attached hydrogens (tertiary/aromatic N) is 1. The van der Waals surface area contributed by atoms with Gasteiger partial charge in [0.2, 0.25) is 0 Å². The summed E-state index contributed by atoms with van der Waals surface area (Å²) in [4.78, 5) is 23.7. The van der Waals surface area contributed by atoms with Crippen LogP contribution in [0.15, 0.2) is 36.4 Å². The van der Waals surface area contributed by atoms with Crippen LogP contribution in [0.4, 0.5) is 5.69 Å². The Labute approximate surface area is 134 Å². The van der Waals surface area contributed by atoms with Crippen LogP contribution >= 0.6 is 0 Å². The van der Waals surface area contributed by atoms with Gasteiger partial charge in [0.25, 0.3) is 11.8 Å². The summed E-state index contributed by atoms with van der Waals surface area (Å²) in [5.74, 6) is 0.150. The Kier molecular flexibility index (Phi) is 6.58. The molecule has 23 heavy (non-hydrogen) atoms. The summed E-state index contributed by atoms with van der Waals surface area (Å²) in [6, 6.07) is 7.15. The zero-order valence-electron chi connectivity index (χ0n) is 12.8. The van der Waals surface area contributed by atoms with E-state index < -0.39 is 0 Å². The zero-order chi connectivity index (χ0) is 16.5. The number of hydrogen-bond acceptors (Lipinski definition) is 6. The van der Waals surface area contributed by atoms with Gasteiger partial charge in [-0.15, -0.1) is 0 Å². The molecule has 2 N–H and O–H groups in total. The van der Waals surface area contributed by atoms with Gasteiger partial charge in [-0.25, -0.2) is 0 Å². The van der Waals surface area contributed by atoms with Crippen LogP contribution < -0.4 is 10.5 Å². The average Bonchev–Trinajstić information content (AvgIpc) is 2.86. The Morgan fingerprint density at radius 3 is 2.04 bits per heavy atom. The molecule has 7 heteroatoms. The number of benzene rings is 1. The van der Waals surface area contributed by atoms with Gasteiger partial charge in [0.05, 0.1) is 33.0 Å². The first-order chi connectivity index (χ1) is 11.2. The van der Waals surface area contributed by atoms with Crippen LogP contribution in [-0.4, -0.2) is 56.3 Å². The van der Waals surface area contributed by atoms with Gasteiger partial charge in [-0.05, 0) is 24.3 Å². The Balaban J connectivity index is 1.43. The molecule has 1 heterocycles. The highest BCUT2D eigenvalue weighted by molar-refractivity contribution is 6.12. The molecule has 0 aliphatic carbocycles. The highest BCUT2D eigenvalue weighted by atomic mass is 16.5. The molecule has 0 aromatic heterocycles. The molecule has 0 bridgehead atoms. The number of hydrogen-bond donors (Lipinski definition) is 1. The average molecular weight is 320 g/mol. The second-order valence-electron chi connectivity index (χ2n) is 4.80. The molecule has 0 saturated heterocycles. The molecule has 0 saturated carbocycles. The van der Waals surface area contributed by atoms with E-state index in [-0.39, 0.29) is 18.4 Å². The summed E-state index contributed by atoms with van der Waals surface area (Å²) in [7, 11) is 0. The van der Waals surface area contributed by atoms with Gasteiger partial charge in [-0.3, -0.25) is 14.5 Å². The van der Waals surface area contributed by atoms with Crippen molar-refractivity contribution < 1.29 is 23.8 Å². The van der Waals surface area contributed by atoms with Gasteiger partial charge in [-0.2, -0.15) is 0 Å². The fourth-order valence-corrected chi connectivity index (χ4v) is 1.91. The topological polar surface area (TPSA) is 91.1 Å². The quantitative estimate of drug-likeness (QED) is 0.386. The second kappa shape index (κ2) is 8.92. The Morgan fingerprint density at radius 2 is 1.39 bits per heavy atom. The van der Waals surface area contributed by atoms with E-state index in [0.29, 0.717) is 38.7 Å². The number of amides is 2. The van der Waals surface area contributed by atoms with E-state index in [0.717, 1.165) is 10.6 Å². The maximum absolute atomic E-state index is 11.3. The van der Waals surface area contributed by atoms with Gasteiger partial charge >= 0.3 is 0 Å². The van der Waals surface area contributed by atoms with Crippen molar-refractivity contribution in [3.05, 3.63) is 36.4 Å². The molecule has 1 aromatic carbocycles. The molecule has 0 fully saturated rings. The van der Waals surface area contributed by atoms with Gasteiger partial charge in [-0.1, -0.05) is 0 Å². The molecule has 0 radical (unpaired) electrons. The lowest BCUT2D eigenvalue weighted by Crippen LogP contribution is -2.33. The molecule has 7 nitrogen and oxygen atoms in total. The van der Waals surface area contributed by atoms with Gasteiger partial charge in [0.15, 0.2) is 0 Å². The van der Waals surface area contributed by atoms with E-state index in [1.807, 2.05) is 0 Å². The SMILES string of the molecule is Nc1ccc(OCCOCCOCCN2C(=O)C=CC2=O)cc1. The Morgan fingerprint density at radius 1 is 0.826 bits per heavy atom. The molecule has 2 amide bonds. The molecule has 1 aromatic rings. The minimum absolute atomic E-state index is 0.255. The zero-order valence-corrected chi connectivity index (χ0v) is 12.8. The van der Waals surface area contributed by atoms with E-state index in [1.54, 1.807) is 24.3 Å². The largest absolute Gasteiger partial charge is 0.491 e. The predicted octanol–water partition coefficient (Wildman–Crippen LogP) is 0.606. The minimum atomic E-state index is -0.297. The Hall–Kier alpha value is -2.38. The van der Waals surface area contributed by atoms with Crippen molar-refractivity contribution in [2.24, 2.45) is 0 Å². The second-order valence-corrected chi connectivity index (χ2v) is 4.80. The van der Waals surface area contributed by atoms with Crippen LogP contribution in [0.3, 0.4) is 0 Å². The number of nitrogens with two attached hydrogens (primary N) is 1. The van der Waals surface area contributed by atoms with Gasteiger partial charge < -0.3 is 19.9 Å². The van der Waals surface area contributed by atoms with E-state index in [1.165, 1.54) is 12.2 Å². The van der Waals surface area contributed by atoms with Crippen LogP contribution in [0, 0.1) is 0 Å². The minimum Gasteiger partial charge on any atom is -0.491 e. The van der Waals surface area contributed by atoms with Crippen molar-refractivity contribution in [2.45, 2.75) is 0 Å². The van der Waals surface area contributed by atoms with E-state index in [9.17, 15) is 9.59 Å². The first kappa shape index (κ1) is 17.0. The molecule has 1 aliphatic rings. The molecule has 1 aliphatic heterocycles. The predicted molar refractivity (Wildman–Crippen MR) is 83.8 cm³/mol. The highest BCUT2D eigenvalue weighted by Crippen LogP contribution is 2.12. The standard InChI is InChI=1S/C16H20N2O5/c17-13-1-3-14(4-2-13)23-12-11-22-10-9-21-8-7-18-15(19)5-6-16(18)20/h1-6H,7-12,17H2. The van der Waals surface area contributed by atoms with E-state index in [2.05, 4.69) is 0 Å². The third kappa shape index (κ3) is 5.72. The van der Waals surface area contributed by atoms with Crippen LogP contribution in [0.2, 0.25) is 0 Å². The molecule has 0 unspecified atom stereocenters. The fraction of sp³-hybridized carbons (Fsp3) is 0.375. The van der Waals surface area contributed by atoms with E-state index >= 15 is 0 Å². The lowest BCUT2D eigenvalue weighted by atomic mass is 10.3. The number of ether oxygens (including phenoxy) is 3. The molecule has 0 spiro atoms. The summed E-state index contributed by atoms with van der Waals surface area (Å²) >= 11 is 0. The van der Waals surface area contributed by atoms with Crippen molar-refractivity contribution in [1.82, 2.24) is 4.90 Å². The first-order valence-electron chi connectivity index (χ1n) is 7.34. The number of nitrogen functional groups attached to an aromatic ring is 1. The van der Waals surface area contributed by atoms with Crippen molar-refractivity contribution in [1.29, 1.82) is 0 Å². The number of carbonyl (C=O) groups excluding carboxylic acids is 2. The third-order valence-corrected chi connectivity index (χ3v) is 3.11.